The normalized spacial score (nSPS) is 11.7. The zero-order valence-corrected chi connectivity index (χ0v) is 17.9. The summed E-state index contributed by atoms with van der Waals surface area (Å²) >= 11 is 0. The van der Waals surface area contributed by atoms with Gasteiger partial charge < -0.3 is 10.6 Å². The molecule has 0 saturated heterocycles. The van der Waals surface area contributed by atoms with Crippen molar-refractivity contribution in [2.24, 2.45) is 0 Å². The van der Waals surface area contributed by atoms with Crippen molar-refractivity contribution in [3.8, 4) is 0 Å². The molecule has 0 heterocycles. The van der Waals surface area contributed by atoms with Gasteiger partial charge in [-0.15, -0.1) is 0 Å². The van der Waals surface area contributed by atoms with Crippen molar-refractivity contribution in [1.82, 2.24) is 5.32 Å². The topological polar surface area (TPSA) is 58.2 Å². The molecule has 1 atom stereocenters. The van der Waals surface area contributed by atoms with Crippen molar-refractivity contribution >= 4 is 28.3 Å². The Morgan fingerprint density at radius 1 is 0.848 bits per heavy atom. The van der Waals surface area contributed by atoms with Crippen LogP contribution in [0.4, 0.5) is 14.5 Å². The van der Waals surface area contributed by atoms with E-state index in [0.717, 1.165) is 34.0 Å². The Bertz CT molecular complexity index is 1310. The molecular weight excluding hydrogens is 422 g/mol. The van der Waals surface area contributed by atoms with E-state index in [0.29, 0.717) is 11.8 Å². The summed E-state index contributed by atoms with van der Waals surface area (Å²) in [6.07, 6.45) is 0. The lowest BCUT2D eigenvalue weighted by Crippen LogP contribution is -2.23. The summed E-state index contributed by atoms with van der Waals surface area (Å²) in [4.78, 5) is 25.2. The lowest BCUT2D eigenvalue weighted by molar-refractivity contribution is -0.117. The predicted octanol–water partition coefficient (Wildman–Crippen LogP) is 5.79. The maximum Gasteiger partial charge on any atom is 0.251 e. The highest BCUT2D eigenvalue weighted by Gasteiger charge is 2.18. The predicted molar refractivity (Wildman–Crippen MR) is 125 cm³/mol. The number of benzene rings is 4. The van der Waals surface area contributed by atoms with E-state index < -0.39 is 17.5 Å². The van der Waals surface area contributed by atoms with Crippen LogP contribution in [0.5, 0.6) is 0 Å². The van der Waals surface area contributed by atoms with Gasteiger partial charge in [0.2, 0.25) is 5.91 Å². The van der Waals surface area contributed by atoms with Gasteiger partial charge in [-0.1, -0.05) is 54.6 Å². The van der Waals surface area contributed by atoms with Gasteiger partial charge in [0.25, 0.3) is 5.91 Å². The molecule has 0 saturated carbocycles. The first-order chi connectivity index (χ1) is 15.9. The Morgan fingerprint density at radius 2 is 1.55 bits per heavy atom. The zero-order chi connectivity index (χ0) is 23.4. The first-order valence-corrected chi connectivity index (χ1v) is 10.5. The number of fused-ring (bicyclic) bond motifs is 1. The van der Waals surface area contributed by atoms with Crippen LogP contribution in [-0.4, -0.2) is 11.8 Å². The van der Waals surface area contributed by atoms with Gasteiger partial charge in [-0.05, 0) is 53.1 Å². The van der Waals surface area contributed by atoms with Crippen molar-refractivity contribution in [2.75, 3.05) is 5.32 Å². The van der Waals surface area contributed by atoms with Crippen LogP contribution in [0.3, 0.4) is 0 Å². The highest BCUT2D eigenvalue weighted by molar-refractivity contribution is 5.99. The van der Waals surface area contributed by atoms with Crippen molar-refractivity contribution in [1.29, 1.82) is 0 Å². The second-order valence-electron chi connectivity index (χ2n) is 7.82. The summed E-state index contributed by atoms with van der Waals surface area (Å²) in [5.74, 6) is -2.74. The van der Waals surface area contributed by atoms with Crippen molar-refractivity contribution in [3.05, 3.63) is 113 Å². The molecule has 0 aliphatic carbocycles. The highest BCUT2D eigenvalue weighted by atomic mass is 19.1. The molecule has 0 aromatic heterocycles. The largest absolute Gasteiger partial charge is 0.348 e. The third kappa shape index (κ3) is 5.23. The van der Waals surface area contributed by atoms with Gasteiger partial charge in [-0.2, -0.15) is 0 Å². The number of amides is 2. The Hall–Kier alpha value is -4.06. The summed E-state index contributed by atoms with van der Waals surface area (Å²) in [6.45, 7) is 2.00. The molecule has 4 rings (SSSR count). The van der Waals surface area contributed by atoms with Crippen LogP contribution in [0.1, 0.15) is 34.3 Å². The molecule has 0 radical (unpaired) electrons. The molecule has 166 valence electrons. The van der Waals surface area contributed by atoms with E-state index in [1.807, 2.05) is 49.4 Å². The molecule has 2 N–H and O–H groups in total. The SMILES string of the molecule is CC(C(=O)Nc1cccc(CNC(=O)c2cc(F)cc(F)c2)c1)c1cccc2ccccc12. The fourth-order valence-electron chi connectivity index (χ4n) is 3.75. The molecule has 2 amide bonds. The van der Waals surface area contributed by atoms with E-state index in [2.05, 4.69) is 10.6 Å². The number of anilines is 1. The Balaban J connectivity index is 1.43. The standard InChI is InChI=1S/C27H22F2N2O2/c1-17(24-11-5-8-19-7-2-3-10-25(19)24)26(32)31-23-9-4-6-18(12-23)16-30-27(33)20-13-21(28)15-22(29)14-20/h2-15,17H,16H2,1H3,(H,30,33)(H,31,32). The van der Waals surface area contributed by atoms with Gasteiger partial charge in [0.05, 0.1) is 5.92 Å². The van der Waals surface area contributed by atoms with Crippen LogP contribution < -0.4 is 10.6 Å². The lowest BCUT2D eigenvalue weighted by Gasteiger charge is -2.15. The summed E-state index contributed by atoms with van der Waals surface area (Å²) < 4.78 is 26.7. The van der Waals surface area contributed by atoms with E-state index >= 15 is 0 Å². The van der Waals surface area contributed by atoms with Crippen LogP contribution in [0, 0.1) is 11.6 Å². The monoisotopic (exact) mass is 444 g/mol. The van der Waals surface area contributed by atoms with Crippen LogP contribution >= 0.6 is 0 Å². The molecule has 4 aromatic rings. The van der Waals surface area contributed by atoms with E-state index in [1.165, 1.54) is 0 Å². The smallest absolute Gasteiger partial charge is 0.251 e. The van der Waals surface area contributed by atoms with Crippen LogP contribution in [-0.2, 0) is 11.3 Å². The van der Waals surface area contributed by atoms with E-state index in [1.54, 1.807) is 24.3 Å². The maximum absolute atomic E-state index is 13.3. The number of halogens is 2. The first kappa shape index (κ1) is 22.1. The molecule has 0 fully saturated rings. The Kier molecular flexibility index (Phi) is 6.45. The molecule has 4 nitrogen and oxygen atoms in total. The molecule has 4 aromatic carbocycles. The van der Waals surface area contributed by atoms with Crippen molar-refractivity contribution in [2.45, 2.75) is 19.4 Å². The van der Waals surface area contributed by atoms with Crippen molar-refractivity contribution in [3.63, 3.8) is 0 Å². The fraction of sp³-hybridized carbons (Fsp3) is 0.111. The second-order valence-corrected chi connectivity index (χ2v) is 7.82. The molecule has 6 heteroatoms. The average molecular weight is 444 g/mol. The number of hydrogen-bond donors (Lipinski definition) is 2. The minimum absolute atomic E-state index is 0.0964. The van der Waals surface area contributed by atoms with E-state index in [4.69, 9.17) is 0 Å². The number of hydrogen-bond acceptors (Lipinski definition) is 2. The van der Waals surface area contributed by atoms with E-state index in [9.17, 15) is 18.4 Å². The van der Waals surface area contributed by atoms with Gasteiger partial charge >= 0.3 is 0 Å². The lowest BCUT2D eigenvalue weighted by atomic mass is 9.94. The van der Waals surface area contributed by atoms with Gasteiger partial charge in [-0.25, -0.2) is 8.78 Å². The summed E-state index contributed by atoms with van der Waals surface area (Å²) in [5.41, 5.74) is 2.17. The average Bonchev–Trinajstić information content (AvgIpc) is 2.81. The zero-order valence-electron chi connectivity index (χ0n) is 17.9. The van der Waals surface area contributed by atoms with Crippen LogP contribution in [0.2, 0.25) is 0 Å². The quantitative estimate of drug-likeness (QED) is 0.395. The van der Waals surface area contributed by atoms with Crippen molar-refractivity contribution < 1.29 is 18.4 Å². The number of rotatable bonds is 6. The number of carbonyl (C=O) groups is 2. The fourth-order valence-corrected chi connectivity index (χ4v) is 3.75. The number of carbonyl (C=O) groups excluding carboxylic acids is 2. The Labute approximate surface area is 190 Å². The minimum atomic E-state index is -0.815. The van der Waals surface area contributed by atoms with Gasteiger partial charge in [0.15, 0.2) is 0 Å². The van der Waals surface area contributed by atoms with Gasteiger partial charge in [-0.3, -0.25) is 9.59 Å². The van der Waals surface area contributed by atoms with Crippen LogP contribution in [0.15, 0.2) is 84.9 Å². The summed E-state index contributed by atoms with van der Waals surface area (Å²) in [7, 11) is 0. The summed E-state index contributed by atoms with van der Waals surface area (Å²) in [6, 6.07) is 23.6. The highest BCUT2D eigenvalue weighted by Crippen LogP contribution is 2.26. The van der Waals surface area contributed by atoms with Gasteiger partial charge in [0.1, 0.15) is 11.6 Å². The molecule has 0 bridgehead atoms. The van der Waals surface area contributed by atoms with Gasteiger partial charge in [0, 0.05) is 23.9 Å². The molecule has 1 unspecified atom stereocenters. The molecule has 0 aliphatic rings. The molecule has 0 spiro atoms. The molecule has 33 heavy (non-hydrogen) atoms. The number of nitrogens with one attached hydrogen (secondary N) is 2. The second kappa shape index (κ2) is 9.61. The third-order valence-electron chi connectivity index (χ3n) is 5.46. The maximum atomic E-state index is 13.3. The third-order valence-corrected chi connectivity index (χ3v) is 5.46. The minimum Gasteiger partial charge on any atom is -0.348 e. The first-order valence-electron chi connectivity index (χ1n) is 10.5. The van der Waals surface area contributed by atoms with E-state index in [-0.39, 0.29) is 23.9 Å². The van der Waals surface area contributed by atoms with Crippen LogP contribution in [0.25, 0.3) is 10.8 Å². The Morgan fingerprint density at radius 3 is 2.33 bits per heavy atom. The molecule has 0 aliphatic heterocycles. The molecular formula is C27H22F2N2O2. The summed E-state index contributed by atoms with van der Waals surface area (Å²) in [5, 5.41) is 7.67.